The number of hydrogen-bond donors (Lipinski definition) is 1. The molecule has 1 rings (SSSR count). The van der Waals surface area contributed by atoms with Crippen LogP contribution in [0.2, 0.25) is 0 Å². The second-order valence-corrected chi connectivity index (χ2v) is 5.27. The van der Waals surface area contributed by atoms with Gasteiger partial charge in [0.05, 0.1) is 0 Å². The summed E-state index contributed by atoms with van der Waals surface area (Å²) in [5.74, 6) is 1.17. The maximum Gasteiger partial charge on any atom is 0.0329 e. The molecule has 0 saturated heterocycles. The second-order valence-electron chi connectivity index (χ2n) is 3.43. The van der Waals surface area contributed by atoms with E-state index in [0.717, 1.165) is 13.0 Å². The molecule has 15 heavy (non-hydrogen) atoms. The molecule has 0 heterocycles. The van der Waals surface area contributed by atoms with Crippen LogP contribution < -0.4 is 5.32 Å². The van der Waals surface area contributed by atoms with Gasteiger partial charge in [-0.2, -0.15) is 11.8 Å². The normalized spacial score (nSPS) is 12.7. The molecular formula is C12H18BrNS. The summed E-state index contributed by atoms with van der Waals surface area (Å²) in [7, 11) is 0. The molecule has 1 aromatic rings. The third-order valence-corrected chi connectivity index (χ3v) is 3.72. The Hall–Kier alpha value is 0.01000. The van der Waals surface area contributed by atoms with Gasteiger partial charge in [-0.05, 0) is 24.3 Å². The Bertz CT molecular complexity index is 291. The monoisotopic (exact) mass is 287 g/mol. The quantitative estimate of drug-likeness (QED) is 0.798. The third kappa shape index (κ3) is 4.17. The van der Waals surface area contributed by atoms with Crippen molar-refractivity contribution in [3.05, 3.63) is 34.3 Å². The minimum absolute atomic E-state index is 0.465. The van der Waals surface area contributed by atoms with E-state index in [1.807, 2.05) is 11.8 Å². The smallest absolute Gasteiger partial charge is 0.0329 e. The highest BCUT2D eigenvalue weighted by Crippen LogP contribution is 2.25. The van der Waals surface area contributed by atoms with E-state index < -0.39 is 0 Å². The summed E-state index contributed by atoms with van der Waals surface area (Å²) in [6, 6.07) is 8.91. The predicted molar refractivity (Wildman–Crippen MR) is 73.6 cm³/mol. The maximum absolute atomic E-state index is 3.60. The van der Waals surface area contributed by atoms with Crippen molar-refractivity contribution in [2.45, 2.75) is 19.4 Å². The zero-order valence-electron chi connectivity index (χ0n) is 9.29. The van der Waals surface area contributed by atoms with E-state index in [1.54, 1.807) is 0 Å². The van der Waals surface area contributed by atoms with Gasteiger partial charge in [0.1, 0.15) is 0 Å². The summed E-state index contributed by atoms with van der Waals surface area (Å²) in [5.41, 5.74) is 1.36. The first kappa shape index (κ1) is 13.1. The Balaban J connectivity index is 2.61. The van der Waals surface area contributed by atoms with Gasteiger partial charge in [0.2, 0.25) is 0 Å². The van der Waals surface area contributed by atoms with Crippen LogP contribution in [0.1, 0.15) is 24.9 Å². The lowest BCUT2D eigenvalue weighted by Crippen LogP contribution is -2.23. The van der Waals surface area contributed by atoms with Crippen molar-refractivity contribution in [2.75, 3.05) is 18.6 Å². The van der Waals surface area contributed by atoms with Crippen LogP contribution in [0.4, 0.5) is 0 Å². The Kier molecular flexibility index (Phi) is 6.37. The highest BCUT2D eigenvalue weighted by atomic mass is 79.9. The molecule has 0 aromatic heterocycles. The number of nitrogens with one attached hydrogen (secondary N) is 1. The largest absolute Gasteiger partial charge is 0.309 e. The van der Waals surface area contributed by atoms with E-state index in [0.29, 0.717) is 6.04 Å². The van der Waals surface area contributed by atoms with Crippen LogP contribution in [0.3, 0.4) is 0 Å². The lowest BCUT2D eigenvalue weighted by Gasteiger charge is -2.18. The summed E-state index contributed by atoms with van der Waals surface area (Å²) in [6.45, 7) is 3.29. The van der Waals surface area contributed by atoms with E-state index >= 15 is 0 Å². The topological polar surface area (TPSA) is 12.0 Å². The van der Waals surface area contributed by atoms with Gasteiger partial charge in [0, 0.05) is 22.8 Å². The Labute approximate surface area is 105 Å². The van der Waals surface area contributed by atoms with Gasteiger partial charge in [-0.3, -0.25) is 0 Å². The highest BCUT2D eigenvalue weighted by Gasteiger charge is 2.10. The van der Waals surface area contributed by atoms with Crippen LogP contribution in [-0.2, 0) is 0 Å². The van der Waals surface area contributed by atoms with Crippen LogP contribution >= 0.6 is 27.7 Å². The molecule has 1 nitrogen and oxygen atoms in total. The fraction of sp³-hybridized carbons (Fsp3) is 0.500. The van der Waals surface area contributed by atoms with E-state index in [9.17, 15) is 0 Å². The molecular weight excluding hydrogens is 270 g/mol. The second kappa shape index (κ2) is 7.31. The molecule has 0 spiro atoms. The fourth-order valence-electron chi connectivity index (χ4n) is 1.57. The van der Waals surface area contributed by atoms with Gasteiger partial charge in [-0.15, -0.1) is 0 Å². The average Bonchev–Trinajstić information content (AvgIpc) is 2.26. The molecule has 0 aliphatic rings. The Morgan fingerprint density at radius 3 is 2.73 bits per heavy atom. The van der Waals surface area contributed by atoms with Crippen molar-refractivity contribution in [1.82, 2.24) is 5.32 Å². The SMILES string of the molecule is CCC(NCCSC)c1ccccc1Br. The highest BCUT2D eigenvalue weighted by molar-refractivity contribution is 9.10. The number of hydrogen-bond acceptors (Lipinski definition) is 2. The maximum atomic E-state index is 3.60. The molecule has 1 aromatic carbocycles. The molecule has 0 saturated carbocycles. The molecule has 0 aliphatic heterocycles. The summed E-state index contributed by atoms with van der Waals surface area (Å²) >= 11 is 5.48. The molecule has 0 radical (unpaired) electrons. The first-order valence-corrected chi connectivity index (χ1v) is 7.45. The third-order valence-electron chi connectivity index (χ3n) is 2.39. The molecule has 1 unspecified atom stereocenters. The van der Waals surface area contributed by atoms with Crippen LogP contribution in [0, 0.1) is 0 Å². The van der Waals surface area contributed by atoms with Gasteiger partial charge in [0.15, 0.2) is 0 Å². The minimum Gasteiger partial charge on any atom is -0.309 e. The lowest BCUT2D eigenvalue weighted by atomic mass is 10.0. The predicted octanol–water partition coefficient (Wildman–Crippen LogP) is 3.85. The summed E-state index contributed by atoms with van der Waals surface area (Å²) in [5, 5.41) is 3.58. The number of halogens is 1. The van der Waals surface area contributed by atoms with Gasteiger partial charge < -0.3 is 5.32 Å². The van der Waals surface area contributed by atoms with Crippen molar-refractivity contribution in [3.8, 4) is 0 Å². The molecule has 84 valence electrons. The molecule has 0 fully saturated rings. The first-order valence-electron chi connectivity index (χ1n) is 5.26. The lowest BCUT2D eigenvalue weighted by molar-refractivity contribution is 0.538. The van der Waals surface area contributed by atoms with Gasteiger partial charge in [-0.25, -0.2) is 0 Å². The minimum atomic E-state index is 0.465. The molecule has 1 N–H and O–H groups in total. The van der Waals surface area contributed by atoms with Gasteiger partial charge in [0.25, 0.3) is 0 Å². The van der Waals surface area contributed by atoms with E-state index in [4.69, 9.17) is 0 Å². The number of thioether (sulfide) groups is 1. The summed E-state index contributed by atoms with van der Waals surface area (Å²) in [6.07, 6.45) is 3.26. The molecule has 0 aliphatic carbocycles. The van der Waals surface area contributed by atoms with E-state index in [-0.39, 0.29) is 0 Å². The summed E-state index contributed by atoms with van der Waals surface area (Å²) < 4.78 is 1.20. The number of benzene rings is 1. The molecule has 1 atom stereocenters. The van der Waals surface area contributed by atoms with E-state index in [1.165, 1.54) is 15.8 Å². The van der Waals surface area contributed by atoms with Crippen molar-refractivity contribution < 1.29 is 0 Å². The molecule has 0 bridgehead atoms. The average molecular weight is 288 g/mol. The fourth-order valence-corrected chi connectivity index (χ4v) is 2.45. The summed E-state index contributed by atoms with van der Waals surface area (Å²) in [4.78, 5) is 0. The van der Waals surface area contributed by atoms with Crippen LogP contribution in [-0.4, -0.2) is 18.6 Å². The molecule has 3 heteroatoms. The zero-order chi connectivity index (χ0) is 11.1. The van der Waals surface area contributed by atoms with Crippen LogP contribution in [0.15, 0.2) is 28.7 Å². The van der Waals surface area contributed by atoms with Crippen LogP contribution in [0.25, 0.3) is 0 Å². The molecule has 0 amide bonds. The van der Waals surface area contributed by atoms with Crippen molar-refractivity contribution in [3.63, 3.8) is 0 Å². The first-order chi connectivity index (χ1) is 7.29. The number of rotatable bonds is 6. The van der Waals surface area contributed by atoms with Crippen molar-refractivity contribution in [2.24, 2.45) is 0 Å². The van der Waals surface area contributed by atoms with E-state index in [2.05, 4.69) is 58.7 Å². The zero-order valence-corrected chi connectivity index (χ0v) is 11.7. The Morgan fingerprint density at radius 2 is 2.13 bits per heavy atom. The van der Waals surface area contributed by atoms with Crippen LogP contribution in [0.5, 0.6) is 0 Å². The van der Waals surface area contributed by atoms with Crippen molar-refractivity contribution >= 4 is 27.7 Å². The van der Waals surface area contributed by atoms with Gasteiger partial charge in [-0.1, -0.05) is 41.1 Å². The van der Waals surface area contributed by atoms with Crippen molar-refractivity contribution in [1.29, 1.82) is 0 Å². The Morgan fingerprint density at radius 1 is 1.40 bits per heavy atom. The van der Waals surface area contributed by atoms with Gasteiger partial charge >= 0.3 is 0 Å². The standard InChI is InChI=1S/C12H18BrNS/c1-3-12(14-8-9-15-2)10-6-4-5-7-11(10)13/h4-7,12,14H,3,8-9H2,1-2H3.